The van der Waals surface area contributed by atoms with Gasteiger partial charge < -0.3 is 5.32 Å². The number of halogens is 2. The molecule has 0 fully saturated rings. The Labute approximate surface area is 117 Å². The molecule has 0 aliphatic heterocycles. The Kier molecular flexibility index (Phi) is 7.00. The Morgan fingerprint density at radius 3 is 2.83 bits per heavy atom. The average Bonchev–Trinajstić information content (AvgIpc) is 2.34. The largest absolute Gasteiger partial charge is 0.310 e. The monoisotopic (exact) mass is 311 g/mol. The SMILES string of the molecule is CC#CCCC(NCCC)c1ccc(Br)cc1F. The molecule has 0 radical (unpaired) electrons. The molecule has 0 aliphatic rings. The molecule has 1 aromatic carbocycles. The van der Waals surface area contributed by atoms with Crippen molar-refractivity contribution in [1.82, 2.24) is 5.32 Å². The van der Waals surface area contributed by atoms with Crippen molar-refractivity contribution in [1.29, 1.82) is 0 Å². The van der Waals surface area contributed by atoms with Crippen LogP contribution < -0.4 is 5.32 Å². The van der Waals surface area contributed by atoms with Crippen LogP contribution in [-0.2, 0) is 0 Å². The lowest BCUT2D eigenvalue weighted by Crippen LogP contribution is -2.23. The summed E-state index contributed by atoms with van der Waals surface area (Å²) in [4.78, 5) is 0. The van der Waals surface area contributed by atoms with E-state index in [1.54, 1.807) is 0 Å². The second-order valence-electron chi connectivity index (χ2n) is 4.14. The highest BCUT2D eigenvalue weighted by atomic mass is 79.9. The minimum atomic E-state index is -0.164. The summed E-state index contributed by atoms with van der Waals surface area (Å²) in [6.45, 7) is 4.82. The summed E-state index contributed by atoms with van der Waals surface area (Å²) in [6, 6.07) is 5.27. The summed E-state index contributed by atoms with van der Waals surface area (Å²) >= 11 is 3.28. The third-order valence-electron chi connectivity index (χ3n) is 2.71. The predicted molar refractivity (Wildman–Crippen MR) is 77.8 cm³/mol. The molecular formula is C15H19BrFN. The van der Waals surface area contributed by atoms with Crippen LogP contribution in [0.1, 0.15) is 44.7 Å². The van der Waals surface area contributed by atoms with E-state index in [2.05, 4.69) is 40.0 Å². The van der Waals surface area contributed by atoms with Gasteiger partial charge in [0.2, 0.25) is 0 Å². The topological polar surface area (TPSA) is 12.0 Å². The maximum absolute atomic E-state index is 13.9. The van der Waals surface area contributed by atoms with Gasteiger partial charge in [-0.25, -0.2) is 4.39 Å². The van der Waals surface area contributed by atoms with Crippen molar-refractivity contribution in [2.24, 2.45) is 0 Å². The van der Waals surface area contributed by atoms with E-state index < -0.39 is 0 Å². The van der Waals surface area contributed by atoms with E-state index in [-0.39, 0.29) is 11.9 Å². The molecule has 0 bridgehead atoms. The first kappa shape index (κ1) is 15.2. The van der Waals surface area contributed by atoms with Gasteiger partial charge in [0.05, 0.1) is 0 Å². The first-order valence-electron chi connectivity index (χ1n) is 6.27. The zero-order chi connectivity index (χ0) is 13.4. The van der Waals surface area contributed by atoms with Crippen molar-refractivity contribution in [3.05, 3.63) is 34.1 Å². The molecule has 0 saturated heterocycles. The molecule has 1 nitrogen and oxygen atoms in total. The van der Waals surface area contributed by atoms with Gasteiger partial charge in [0.25, 0.3) is 0 Å². The van der Waals surface area contributed by atoms with E-state index in [1.165, 1.54) is 6.07 Å². The Bertz CT molecular complexity index is 434. The second-order valence-corrected chi connectivity index (χ2v) is 5.05. The minimum Gasteiger partial charge on any atom is -0.310 e. The van der Waals surface area contributed by atoms with Crippen molar-refractivity contribution in [3.8, 4) is 11.8 Å². The summed E-state index contributed by atoms with van der Waals surface area (Å²) in [7, 11) is 0. The van der Waals surface area contributed by atoms with E-state index in [0.29, 0.717) is 0 Å². The van der Waals surface area contributed by atoms with Crippen LogP contribution >= 0.6 is 15.9 Å². The van der Waals surface area contributed by atoms with E-state index in [9.17, 15) is 4.39 Å². The lowest BCUT2D eigenvalue weighted by molar-refractivity contribution is 0.478. The Morgan fingerprint density at radius 1 is 1.44 bits per heavy atom. The van der Waals surface area contributed by atoms with Crippen LogP contribution in [-0.4, -0.2) is 6.54 Å². The van der Waals surface area contributed by atoms with Gasteiger partial charge in [-0.15, -0.1) is 11.8 Å². The third kappa shape index (κ3) is 4.80. The highest BCUT2D eigenvalue weighted by Crippen LogP contribution is 2.24. The van der Waals surface area contributed by atoms with Gasteiger partial charge in [0, 0.05) is 22.5 Å². The number of rotatable bonds is 6. The molecule has 3 heteroatoms. The molecule has 98 valence electrons. The van der Waals surface area contributed by atoms with Crippen molar-refractivity contribution >= 4 is 15.9 Å². The van der Waals surface area contributed by atoms with Gasteiger partial charge in [-0.1, -0.05) is 28.9 Å². The summed E-state index contributed by atoms with van der Waals surface area (Å²) in [5.74, 6) is 5.74. The summed E-state index contributed by atoms with van der Waals surface area (Å²) in [5.41, 5.74) is 0.726. The molecule has 0 amide bonds. The van der Waals surface area contributed by atoms with Crippen molar-refractivity contribution in [2.45, 2.75) is 39.2 Å². The molecule has 0 aromatic heterocycles. The van der Waals surface area contributed by atoms with Gasteiger partial charge >= 0.3 is 0 Å². The minimum absolute atomic E-state index is 0.0406. The highest BCUT2D eigenvalue weighted by Gasteiger charge is 2.14. The Morgan fingerprint density at radius 2 is 2.22 bits per heavy atom. The number of benzene rings is 1. The molecule has 0 aliphatic carbocycles. The lowest BCUT2D eigenvalue weighted by Gasteiger charge is -2.18. The average molecular weight is 312 g/mol. The van der Waals surface area contributed by atoms with Gasteiger partial charge in [-0.05, 0) is 38.4 Å². The molecular weight excluding hydrogens is 293 g/mol. The molecule has 0 heterocycles. The maximum atomic E-state index is 13.9. The zero-order valence-electron chi connectivity index (χ0n) is 10.9. The summed E-state index contributed by atoms with van der Waals surface area (Å²) < 4.78 is 14.7. The van der Waals surface area contributed by atoms with Gasteiger partial charge in [-0.2, -0.15) is 0 Å². The van der Waals surface area contributed by atoms with Crippen molar-refractivity contribution in [2.75, 3.05) is 6.54 Å². The van der Waals surface area contributed by atoms with Crippen LogP contribution in [0.25, 0.3) is 0 Å². The third-order valence-corrected chi connectivity index (χ3v) is 3.21. The molecule has 18 heavy (non-hydrogen) atoms. The lowest BCUT2D eigenvalue weighted by atomic mass is 10.0. The van der Waals surface area contributed by atoms with E-state index in [4.69, 9.17) is 0 Å². The smallest absolute Gasteiger partial charge is 0.129 e. The fourth-order valence-corrected chi connectivity index (χ4v) is 2.14. The van der Waals surface area contributed by atoms with Gasteiger partial charge in [0.1, 0.15) is 5.82 Å². The van der Waals surface area contributed by atoms with Crippen LogP contribution in [0.4, 0.5) is 4.39 Å². The summed E-state index contributed by atoms with van der Waals surface area (Å²) in [6.07, 6.45) is 2.65. The van der Waals surface area contributed by atoms with E-state index in [0.717, 1.165) is 35.8 Å². The van der Waals surface area contributed by atoms with Crippen molar-refractivity contribution < 1.29 is 4.39 Å². The van der Waals surface area contributed by atoms with E-state index >= 15 is 0 Å². The van der Waals surface area contributed by atoms with Crippen LogP contribution in [0.2, 0.25) is 0 Å². The zero-order valence-corrected chi connectivity index (χ0v) is 12.5. The van der Waals surface area contributed by atoms with Crippen LogP contribution in [0.3, 0.4) is 0 Å². The fraction of sp³-hybridized carbons (Fsp3) is 0.467. The Balaban J connectivity index is 2.81. The molecule has 1 atom stereocenters. The van der Waals surface area contributed by atoms with Gasteiger partial charge in [0.15, 0.2) is 0 Å². The molecule has 0 spiro atoms. The fourth-order valence-electron chi connectivity index (χ4n) is 1.81. The highest BCUT2D eigenvalue weighted by molar-refractivity contribution is 9.10. The molecule has 1 aromatic rings. The molecule has 1 N–H and O–H groups in total. The predicted octanol–water partition coefficient (Wildman–Crippen LogP) is 4.43. The van der Waals surface area contributed by atoms with E-state index in [1.807, 2.05) is 19.1 Å². The first-order chi connectivity index (χ1) is 8.69. The van der Waals surface area contributed by atoms with Crippen LogP contribution in [0.5, 0.6) is 0 Å². The van der Waals surface area contributed by atoms with Crippen LogP contribution in [0, 0.1) is 17.7 Å². The number of hydrogen-bond donors (Lipinski definition) is 1. The molecule has 1 rings (SSSR count). The molecule has 1 unspecified atom stereocenters. The first-order valence-corrected chi connectivity index (χ1v) is 7.06. The quantitative estimate of drug-likeness (QED) is 0.766. The van der Waals surface area contributed by atoms with Crippen LogP contribution in [0.15, 0.2) is 22.7 Å². The number of hydrogen-bond acceptors (Lipinski definition) is 1. The Hall–Kier alpha value is -0.850. The van der Waals surface area contributed by atoms with Crippen molar-refractivity contribution in [3.63, 3.8) is 0 Å². The number of nitrogens with one attached hydrogen (secondary N) is 1. The summed E-state index contributed by atoms with van der Waals surface area (Å²) in [5, 5.41) is 3.38. The second kappa shape index (κ2) is 8.29. The van der Waals surface area contributed by atoms with Gasteiger partial charge in [-0.3, -0.25) is 0 Å². The molecule has 0 saturated carbocycles. The standard InChI is InChI=1S/C15H19BrFN/c1-3-5-6-7-15(18-10-4-2)13-9-8-12(16)11-14(13)17/h8-9,11,15,18H,4,6-7,10H2,1-2H3. The normalized spacial score (nSPS) is 11.8. The maximum Gasteiger partial charge on any atom is 0.129 e.